The number of rotatable bonds is 5. The summed E-state index contributed by atoms with van der Waals surface area (Å²) in [5.74, 6) is 0.989. The molecule has 0 fully saturated rings. The van der Waals surface area contributed by atoms with E-state index in [4.69, 9.17) is 4.74 Å². The summed E-state index contributed by atoms with van der Waals surface area (Å²) in [6, 6.07) is 14.8. The van der Waals surface area contributed by atoms with Crippen LogP contribution in [0.2, 0.25) is 0 Å². The largest absolute Gasteiger partial charge is 0.492 e. The lowest BCUT2D eigenvalue weighted by atomic mass is 9.95. The predicted molar refractivity (Wildman–Crippen MR) is 115 cm³/mol. The van der Waals surface area contributed by atoms with Crippen molar-refractivity contribution in [2.24, 2.45) is 0 Å². The first-order chi connectivity index (χ1) is 14.1. The van der Waals surface area contributed by atoms with Gasteiger partial charge in [-0.25, -0.2) is 4.68 Å². The summed E-state index contributed by atoms with van der Waals surface area (Å²) in [6.45, 7) is 4.29. The maximum absolute atomic E-state index is 13.4. The number of ether oxygens (including phenoxy) is 1. The van der Waals surface area contributed by atoms with E-state index in [1.54, 1.807) is 4.68 Å². The van der Waals surface area contributed by atoms with Crippen LogP contribution < -0.4 is 15.4 Å². The molecule has 29 heavy (non-hydrogen) atoms. The minimum absolute atomic E-state index is 0.232. The van der Waals surface area contributed by atoms with Crippen LogP contribution in [0.1, 0.15) is 25.5 Å². The number of aromatic nitrogens is 3. The van der Waals surface area contributed by atoms with Gasteiger partial charge in [-0.1, -0.05) is 46.3 Å². The zero-order valence-electron chi connectivity index (χ0n) is 16.0. The van der Waals surface area contributed by atoms with Gasteiger partial charge in [0.25, 0.3) is 5.91 Å². The number of hydrogen-bond acceptors (Lipinski definition) is 5. The van der Waals surface area contributed by atoms with E-state index in [-0.39, 0.29) is 5.91 Å². The summed E-state index contributed by atoms with van der Waals surface area (Å²) < 4.78 is 8.25. The van der Waals surface area contributed by atoms with Crippen molar-refractivity contribution in [3.05, 3.63) is 76.2 Å². The Bertz CT molecular complexity index is 1090. The Kier molecular flexibility index (Phi) is 5.35. The van der Waals surface area contributed by atoms with Gasteiger partial charge in [-0.15, -0.1) is 0 Å². The zero-order chi connectivity index (χ0) is 20.4. The van der Waals surface area contributed by atoms with E-state index in [0.717, 1.165) is 15.7 Å². The smallest absolute Gasteiger partial charge is 0.255 e. The van der Waals surface area contributed by atoms with Crippen molar-refractivity contribution in [2.45, 2.75) is 19.9 Å². The van der Waals surface area contributed by atoms with Crippen LogP contribution in [0.3, 0.4) is 0 Å². The van der Waals surface area contributed by atoms with Crippen LogP contribution in [0.15, 0.2) is 70.6 Å². The third kappa shape index (κ3) is 3.63. The van der Waals surface area contributed by atoms with E-state index in [2.05, 4.69) is 36.6 Å². The first-order valence-corrected chi connectivity index (χ1v) is 10.0. The molecule has 0 bridgehead atoms. The molecule has 1 atom stereocenters. The lowest BCUT2D eigenvalue weighted by molar-refractivity contribution is -0.113. The van der Waals surface area contributed by atoms with Crippen LogP contribution >= 0.6 is 15.9 Å². The minimum atomic E-state index is -0.427. The van der Waals surface area contributed by atoms with Crippen LogP contribution in [0.25, 0.3) is 0 Å². The molecule has 8 heteroatoms. The summed E-state index contributed by atoms with van der Waals surface area (Å²) in [4.78, 5) is 17.7. The maximum Gasteiger partial charge on any atom is 0.255 e. The van der Waals surface area contributed by atoms with Crippen molar-refractivity contribution >= 4 is 33.5 Å². The van der Waals surface area contributed by atoms with Gasteiger partial charge in [-0.05, 0) is 37.6 Å². The van der Waals surface area contributed by atoms with E-state index in [1.807, 2.05) is 62.4 Å². The molecule has 148 valence electrons. The number of hydrogen-bond donors (Lipinski definition) is 2. The molecule has 2 aromatic carbocycles. The number of halogens is 1. The number of anilines is 2. The Labute approximate surface area is 176 Å². The van der Waals surface area contributed by atoms with Crippen LogP contribution in [-0.2, 0) is 4.79 Å². The summed E-state index contributed by atoms with van der Waals surface area (Å²) >= 11 is 3.61. The number of nitrogens with one attached hydrogen (secondary N) is 2. The second kappa shape index (κ2) is 8.08. The Morgan fingerprint density at radius 2 is 2.00 bits per heavy atom. The molecule has 1 aliphatic rings. The highest BCUT2D eigenvalue weighted by atomic mass is 79.9. The number of allylic oxidation sites excluding steroid dienone is 1. The van der Waals surface area contributed by atoms with Gasteiger partial charge < -0.3 is 15.4 Å². The van der Waals surface area contributed by atoms with Gasteiger partial charge >= 0.3 is 0 Å². The van der Waals surface area contributed by atoms with Gasteiger partial charge in [0.2, 0.25) is 5.95 Å². The maximum atomic E-state index is 13.4. The Balaban J connectivity index is 1.76. The highest BCUT2D eigenvalue weighted by molar-refractivity contribution is 9.10. The normalized spacial score (nSPS) is 15.5. The number of nitrogens with zero attached hydrogens (tertiary/aromatic N) is 3. The number of carbonyl (C=O) groups excluding carboxylic acids is 1. The first-order valence-electron chi connectivity index (χ1n) is 9.25. The quantitative estimate of drug-likeness (QED) is 0.599. The van der Waals surface area contributed by atoms with Crippen molar-refractivity contribution in [1.82, 2.24) is 14.8 Å². The molecule has 1 amide bonds. The molecule has 0 aliphatic carbocycles. The predicted octanol–water partition coefficient (Wildman–Crippen LogP) is 4.37. The second-order valence-electron chi connectivity index (χ2n) is 6.50. The molecule has 7 nitrogen and oxygen atoms in total. The van der Waals surface area contributed by atoms with Crippen molar-refractivity contribution in [3.8, 4) is 5.75 Å². The third-order valence-electron chi connectivity index (χ3n) is 4.67. The van der Waals surface area contributed by atoms with Crippen LogP contribution in [0.4, 0.5) is 11.6 Å². The topological polar surface area (TPSA) is 81.1 Å². The molecule has 0 saturated carbocycles. The van der Waals surface area contributed by atoms with Gasteiger partial charge in [0, 0.05) is 10.2 Å². The fourth-order valence-corrected chi connectivity index (χ4v) is 3.91. The second-order valence-corrected chi connectivity index (χ2v) is 7.35. The third-order valence-corrected chi connectivity index (χ3v) is 5.40. The molecule has 2 N–H and O–H groups in total. The molecule has 0 radical (unpaired) electrons. The average molecular weight is 454 g/mol. The van der Waals surface area contributed by atoms with Crippen molar-refractivity contribution in [2.75, 3.05) is 17.2 Å². The summed E-state index contributed by atoms with van der Waals surface area (Å²) in [6.07, 6.45) is 1.48. The number of fused-ring (bicyclic) bond motifs is 1. The highest BCUT2D eigenvalue weighted by Crippen LogP contribution is 2.38. The lowest BCUT2D eigenvalue weighted by Gasteiger charge is -2.29. The van der Waals surface area contributed by atoms with Crippen LogP contribution in [-0.4, -0.2) is 27.3 Å². The number of carbonyl (C=O) groups is 1. The van der Waals surface area contributed by atoms with Gasteiger partial charge in [0.1, 0.15) is 18.1 Å². The summed E-state index contributed by atoms with van der Waals surface area (Å²) in [5.41, 5.74) is 2.82. The van der Waals surface area contributed by atoms with Gasteiger partial charge in [-0.3, -0.25) is 4.79 Å². The van der Waals surface area contributed by atoms with Gasteiger partial charge in [0.05, 0.1) is 17.9 Å². The van der Waals surface area contributed by atoms with E-state index in [0.29, 0.717) is 29.6 Å². The van der Waals surface area contributed by atoms with E-state index in [9.17, 15) is 4.79 Å². The molecule has 0 spiro atoms. The zero-order valence-corrected chi connectivity index (χ0v) is 17.6. The van der Waals surface area contributed by atoms with Crippen LogP contribution in [0.5, 0.6) is 5.75 Å². The van der Waals surface area contributed by atoms with E-state index >= 15 is 0 Å². The molecule has 4 rings (SSSR count). The minimum Gasteiger partial charge on any atom is -0.492 e. The fourth-order valence-electron chi connectivity index (χ4n) is 3.41. The van der Waals surface area contributed by atoms with E-state index < -0.39 is 6.04 Å². The van der Waals surface area contributed by atoms with Crippen molar-refractivity contribution < 1.29 is 9.53 Å². The summed E-state index contributed by atoms with van der Waals surface area (Å²) in [5, 5.41) is 10.5. The molecule has 0 unspecified atom stereocenters. The van der Waals surface area contributed by atoms with Crippen LogP contribution in [0, 0.1) is 0 Å². The molecule has 3 aromatic rings. The Hall–Kier alpha value is -3.13. The van der Waals surface area contributed by atoms with E-state index in [1.165, 1.54) is 6.33 Å². The fraction of sp³-hybridized carbons (Fsp3) is 0.190. The van der Waals surface area contributed by atoms with Crippen molar-refractivity contribution in [3.63, 3.8) is 0 Å². The highest BCUT2D eigenvalue weighted by Gasteiger charge is 2.34. The van der Waals surface area contributed by atoms with Gasteiger partial charge in [0.15, 0.2) is 0 Å². The summed E-state index contributed by atoms with van der Waals surface area (Å²) in [7, 11) is 0. The molecular weight excluding hydrogens is 434 g/mol. The molecule has 1 aliphatic heterocycles. The number of benzene rings is 2. The lowest BCUT2D eigenvalue weighted by Crippen LogP contribution is -2.31. The SMILES string of the molecule is CCOc1ccccc1NC(=O)C1=C(C)Nc2ncnn2[C@H]1c1ccccc1Br. The Morgan fingerprint density at radius 3 is 2.79 bits per heavy atom. The Morgan fingerprint density at radius 1 is 1.24 bits per heavy atom. The molecule has 1 aromatic heterocycles. The first kappa shape index (κ1) is 19.2. The monoisotopic (exact) mass is 453 g/mol. The molecular formula is C21H20BrN5O2. The number of para-hydroxylation sites is 2. The molecule has 0 saturated heterocycles. The number of amides is 1. The van der Waals surface area contributed by atoms with Gasteiger partial charge in [-0.2, -0.15) is 10.1 Å². The average Bonchev–Trinajstić information content (AvgIpc) is 3.17. The standard InChI is InChI=1S/C21H20BrN5O2/c1-3-29-17-11-7-6-10-16(17)26-20(28)18-13(2)25-21-23-12-24-27(21)19(18)14-8-4-5-9-15(14)22/h4-12,19H,3H2,1-2H3,(H,26,28)(H,23,24,25)/t19-/m0/s1. The molecule has 2 heterocycles. The van der Waals surface area contributed by atoms with Crippen molar-refractivity contribution in [1.29, 1.82) is 0 Å².